The molecule has 0 aliphatic carbocycles. The number of nitrogens with zero attached hydrogens (tertiary/aromatic N) is 1. The molecule has 0 amide bonds. The average Bonchev–Trinajstić information content (AvgIpc) is 2.41. The fourth-order valence-electron chi connectivity index (χ4n) is 1.76. The van der Waals surface area contributed by atoms with Gasteiger partial charge in [-0.05, 0) is 36.8 Å². The van der Waals surface area contributed by atoms with E-state index < -0.39 is 24.3 Å². The van der Waals surface area contributed by atoms with Crippen LogP contribution in [0.5, 0.6) is 5.88 Å². The first kappa shape index (κ1) is 15.6. The van der Waals surface area contributed by atoms with Crippen molar-refractivity contribution in [1.29, 1.82) is 0 Å². The maximum absolute atomic E-state index is 13.1. The number of pyridine rings is 1. The van der Waals surface area contributed by atoms with Crippen molar-refractivity contribution in [2.24, 2.45) is 0 Å². The van der Waals surface area contributed by atoms with Gasteiger partial charge in [0.25, 0.3) is 0 Å². The Labute approximate surface area is 123 Å². The maximum atomic E-state index is 13.1. The number of nitrogens with one attached hydrogen (secondary N) is 1. The van der Waals surface area contributed by atoms with E-state index in [1.165, 1.54) is 18.2 Å². The number of rotatable bonds is 5. The van der Waals surface area contributed by atoms with Crippen molar-refractivity contribution < 1.29 is 27.8 Å². The first-order chi connectivity index (χ1) is 10.4. The minimum atomic E-state index is -3.08. The number of anilines is 2. The summed E-state index contributed by atoms with van der Waals surface area (Å²) in [6.45, 7) is -1.48. The Morgan fingerprint density at radius 1 is 1.32 bits per heavy atom. The number of hydrogen-bond donors (Lipinski definition) is 2. The van der Waals surface area contributed by atoms with Crippen LogP contribution in [0, 0.1) is 12.7 Å². The van der Waals surface area contributed by atoms with Gasteiger partial charge in [0.05, 0.1) is 0 Å². The van der Waals surface area contributed by atoms with E-state index in [2.05, 4.69) is 15.0 Å². The molecule has 0 spiro atoms. The molecule has 8 heteroatoms. The van der Waals surface area contributed by atoms with Gasteiger partial charge in [0.1, 0.15) is 17.2 Å². The lowest BCUT2D eigenvalue weighted by molar-refractivity contribution is -0.0527. The third-order valence-electron chi connectivity index (χ3n) is 2.75. The second-order valence-corrected chi connectivity index (χ2v) is 4.31. The quantitative estimate of drug-likeness (QED) is 0.883. The molecule has 0 radical (unpaired) electrons. The van der Waals surface area contributed by atoms with Gasteiger partial charge >= 0.3 is 12.6 Å². The van der Waals surface area contributed by atoms with Crippen LogP contribution in [0.1, 0.15) is 15.9 Å². The van der Waals surface area contributed by atoms with Crippen LogP contribution >= 0.6 is 0 Å². The predicted octanol–water partition coefficient (Wildman–Crippen LogP) is 3.57. The van der Waals surface area contributed by atoms with Gasteiger partial charge < -0.3 is 15.2 Å². The molecule has 0 aliphatic heterocycles. The molecular formula is C14H11F3N2O3. The number of aryl methyl sites for hydroxylation is 1. The van der Waals surface area contributed by atoms with Crippen LogP contribution < -0.4 is 10.1 Å². The number of carboxylic acid groups (broad SMARTS) is 1. The topological polar surface area (TPSA) is 71.5 Å². The zero-order valence-electron chi connectivity index (χ0n) is 11.3. The second kappa shape index (κ2) is 6.33. The van der Waals surface area contributed by atoms with Crippen LogP contribution in [0.4, 0.5) is 24.7 Å². The number of aromatic nitrogens is 1. The van der Waals surface area contributed by atoms with Crippen LogP contribution in [-0.2, 0) is 0 Å². The zero-order valence-corrected chi connectivity index (χ0v) is 11.3. The Balaban J connectivity index is 2.40. The highest BCUT2D eigenvalue weighted by Gasteiger charge is 2.16. The summed E-state index contributed by atoms with van der Waals surface area (Å²) in [7, 11) is 0. The van der Waals surface area contributed by atoms with E-state index in [9.17, 15) is 18.0 Å². The lowest BCUT2D eigenvalue weighted by atomic mass is 10.2. The van der Waals surface area contributed by atoms with Crippen molar-refractivity contribution in [1.82, 2.24) is 4.98 Å². The molecule has 2 aromatic rings. The number of benzene rings is 1. The van der Waals surface area contributed by atoms with E-state index in [1.54, 1.807) is 6.92 Å². The van der Waals surface area contributed by atoms with E-state index >= 15 is 0 Å². The third-order valence-corrected chi connectivity index (χ3v) is 2.75. The first-order valence-corrected chi connectivity index (χ1v) is 6.09. The van der Waals surface area contributed by atoms with E-state index in [-0.39, 0.29) is 11.4 Å². The Hall–Kier alpha value is -2.77. The number of aromatic carboxylic acids is 1. The Morgan fingerprint density at radius 3 is 2.64 bits per heavy atom. The molecule has 22 heavy (non-hydrogen) atoms. The number of ether oxygens (including phenoxy) is 1. The predicted molar refractivity (Wildman–Crippen MR) is 72.2 cm³/mol. The summed E-state index contributed by atoms with van der Waals surface area (Å²) < 4.78 is 41.6. The molecule has 2 N–H and O–H groups in total. The number of carboxylic acids is 1. The molecule has 5 nitrogen and oxygen atoms in total. The molecule has 0 fully saturated rings. The number of alkyl halides is 2. The molecule has 0 saturated carbocycles. The monoisotopic (exact) mass is 312 g/mol. The Bertz CT molecular complexity index is 708. The highest BCUT2D eigenvalue weighted by Crippen LogP contribution is 2.25. The van der Waals surface area contributed by atoms with Gasteiger partial charge in [-0.1, -0.05) is 0 Å². The molecule has 0 bridgehead atoms. The SMILES string of the molecule is Cc1cc(F)ccc1Nc1nc(OC(F)F)ccc1C(=O)O. The van der Waals surface area contributed by atoms with Gasteiger partial charge in [0, 0.05) is 11.8 Å². The van der Waals surface area contributed by atoms with E-state index in [0.717, 1.165) is 12.1 Å². The fourth-order valence-corrected chi connectivity index (χ4v) is 1.76. The summed E-state index contributed by atoms with van der Waals surface area (Å²) in [5.74, 6) is -2.36. The zero-order chi connectivity index (χ0) is 16.3. The molecule has 1 aromatic carbocycles. The molecule has 1 heterocycles. The van der Waals surface area contributed by atoms with Gasteiger partial charge in [-0.3, -0.25) is 0 Å². The molecule has 116 valence electrons. The Kier molecular flexibility index (Phi) is 4.50. The Morgan fingerprint density at radius 2 is 2.05 bits per heavy atom. The summed E-state index contributed by atoms with van der Waals surface area (Å²) >= 11 is 0. The smallest absolute Gasteiger partial charge is 0.388 e. The third kappa shape index (κ3) is 3.66. The average molecular weight is 312 g/mol. The van der Waals surface area contributed by atoms with Crippen LogP contribution in [0.3, 0.4) is 0 Å². The van der Waals surface area contributed by atoms with Gasteiger partial charge in [-0.2, -0.15) is 13.8 Å². The molecule has 0 unspecified atom stereocenters. The minimum absolute atomic E-state index is 0.180. The second-order valence-electron chi connectivity index (χ2n) is 4.31. The summed E-state index contributed by atoms with van der Waals surface area (Å²) in [4.78, 5) is 14.9. The number of halogens is 3. The van der Waals surface area contributed by atoms with Gasteiger partial charge in [-0.25, -0.2) is 9.18 Å². The minimum Gasteiger partial charge on any atom is -0.478 e. The van der Waals surface area contributed by atoms with Crippen LogP contribution in [0.25, 0.3) is 0 Å². The summed E-state index contributed by atoms with van der Waals surface area (Å²) in [5, 5.41) is 11.8. The van der Waals surface area contributed by atoms with Gasteiger partial charge in [0.2, 0.25) is 5.88 Å². The summed E-state index contributed by atoms with van der Waals surface area (Å²) in [6, 6.07) is 5.92. The number of carbonyl (C=O) groups is 1. The van der Waals surface area contributed by atoms with Gasteiger partial charge in [-0.15, -0.1) is 0 Å². The van der Waals surface area contributed by atoms with Crippen molar-refractivity contribution in [3.8, 4) is 5.88 Å². The summed E-state index contributed by atoms with van der Waals surface area (Å²) in [5.41, 5.74) is 0.661. The van der Waals surface area contributed by atoms with Crippen LogP contribution in [0.2, 0.25) is 0 Å². The maximum Gasteiger partial charge on any atom is 0.388 e. The lowest BCUT2D eigenvalue weighted by Crippen LogP contribution is -2.09. The van der Waals surface area contributed by atoms with E-state index in [0.29, 0.717) is 11.3 Å². The van der Waals surface area contributed by atoms with Crippen LogP contribution in [-0.4, -0.2) is 22.7 Å². The van der Waals surface area contributed by atoms with Crippen molar-refractivity contribution >= 4 is 17.5 Å². The number of hydrogen-bond acceptors (Lipinski definition) is 4. The van der Waals surface area contributed by atoms with E-state index in [1.807, 2.05) is 0 Å². The normalized spacial score (nSPS) is 10.6. The largest absolute Gasteiger partial charge is 0.478 e. The highest BCUT2D eigenvalue weighted by atomic mass is 19.3. The summed E-state index contributed by atoms with van der Waals surface area (Å²) in [6.07, 6.45) is 0. The van der Waals surface area contributed by atoms with Crippen molar-refractivity contribution in [3.05, 3.63) is 47.3 Å². The lowest BCUT2D eigenvalue weighted by Gasteiger charge is -2.12. The molecular weight excluding hydrogens is 301 g/mol. The fraction of sp³-hybridized carbons (Fsp3) is 0.143. The van der Waals surface area contributed by atoms with Crippen molar-refractivity contribution in [2.45, 2.75) is 13.5 Å². The highest BCUT2D eigenvalue weighted by molar-refractivity contribution is 5.94. The molecule has 0 saturated heterocycles. The molecule has 0 aliphatic rings. The van der Waals surface area contributed by atoms with Crippen molar-refractivity contribution in [3.63, 3.8) is 0 Å². The van der Waals surface area contributed by atoms with E-state index in [4.69, 9.17) is 5.11 Å². The van der Waals surface area contributed by atoms with Gasteiger partial charge in [0.15, 0.2) is 0 Å². The molecule has 2 rings (SSSR count). The van der Waals surface area contributed by atoms with Crippen molar-refractivity contribution in [2.75, 3.05) is 5.32 Å². The standard InChI is InChI=1S/C14H11F3N2O3/c1-7-6-8(15)2-4-10(7)18-12-9(13(20)21)3-5-11(19-12)22-14(16)17/h2-6,14H,1H3,(H,18,19)(H,20,21). The molecule has 0 atom stereocenters. The van der Waals surface area contributed by atoms with Crippen LogP contribution in [0.15, 0.2) is 30.3 Å². The molecule has 1 aromatic heterocycles. The first-order valence-electron chi connectivity index (χ1n) is 6.09.